The number of carboxylic acid groups (broad SMARTS) is 1. The minimum Gasteiger partial charge on any atom is -0.475 e. The van der Waals surface area contributed by atoms with E-state index in [1.165, 1.54) is 6.92 Å². The van der Waals surface area contributed by atoms with Gasteiger partial charge in [0, 0.05) is 0 Å². The monoisotopic (exact) mass is 297 g/mol. The van der Waals surface area contributed by atoms with E-state index in [1.54, 1.807) is 0 Å². The fourth-order valence-electron chi connectivity index (χ4n) is 0.649. The van der Waals surface area contributed by atoms with E-state index in [0.717, 1.165) is 0 Å². The molecule has 1 aliphatic heterocycles. The highest BCUT2D eigenvalue weighted by Crippen LogP contribution is 2.60. The molecule has 0 aromatic carbocycles. The van der Waals surface area contributed by atoms with Crippen LogP contribution in [0.25, 0.3) is 0 Å². The Labute approximate surface area is 102 Å². The van der Waals surface area contributed by atoms with Crippen molar-refractivity contribution in [3.8, 4) is 0 Å². The van der Waals surface area contributed by atoms with Gasteiger partial charge in [-0.1, -0.05) is 0 Å². The van der Waals surface area contributed by atoms with E-state index in [-0.39, 0.29) is 5.76 Å². The molecule has 1 saturated heterocycles. The van der Waals surface area contributed by atoms with Crippen LogP contribution in [0.3, 0.4) is 0 Å². The zero-order valence-electron chi connectivity index (χ0n) is 9.30. The van der Waals surface area contributed by atoms with E-state index in [0.29, 0.717) is 0 Å². The number of nitrogens with two attached hydrogens (primary N) is 1. The van der Waals surface area contributed by atoms with Gasteiger partial charge in [0.05, 0.1) is 0 Å². The fraction of sp³-hybridized carbons (Fsp3) is 0.625. The topological polar surface area (TPSA) is 85.1 Å². The van der Waals surface area contributed by atoms with Crippen molar-refractivity contribution in [2.45, 2.75) is 31.3 Å². The molecular formula is C8H9F6NO4. The third-order valence-corrected chi connectivity index (χ3v) is 1.53. The lowest BCUT2D eigenvalue weighted by atomic mass is 10.4. The SMILES string of the molecule is C=C(OC(C)N)C(=O)O.FC(F)(F)C1(F)OC1(F)F. The Morgan fingerprint density at radius 2 is 1.79 bits per heavy atom. The molecule has 3 N–H and O–H groups in total. The van der Waals surface area contributed by atoms with Crippen molar-refractivity contribution in [1.82, 2.24) is 0 Å². The zero-order chi connectivity index (χ0) is 15.6. The van der Waals surface area contributed by atoms with Crippen LogP contribution in [0.4, 0.5) is 26.3 Å². The second-order valence-corrected chi connectivity index (χ2v) is 3.26. The molecule has 0 aromatic rings. The number of carbonyl (C=O) groups is 1. The van der Waals surface area contributed by atoms with Gasteiger partial charge in [-0.3, -0.25) is 10.5 Å². The Bertz CT molecular complexity index is 369. The van der Waals surface area contributed by atoms with Crippen molar-refractivity contribution in [3.05, 3.63) is 12.3 Å². The first-order chi connectivity index (χ1) is 8.24. The minimum atomic E-state index is -5.66. The third-order valence-electron chi connectivity index (χ3n) is 1.53. The average molecular weight is 297 g/mol. The third kappa shape index (κ3) is 4.28. The van der Waals surface area contributed by atoms with Gasteiger partial charge in [-0.05, 0) is 13.5 Å². The molecule has 0 spiro atoms. The van der Waals surface area contributed by atoms with Crippen LogP contribution in [0.2, 0.25) is 0 Å². The molecule has 2 atom stereocenters. The Balaban J connectivity index is 0.000000344. The standard InChI is InChI=1S/C5H9NO3.C3F6O/c1-3(5(7)8)9-4(2)6;4-1(2(5,6)7)3(8,9)10-1/h4H,1,6H2,2H3,(H,7,8);. The Morgan fingerprint density at radius 3 is 1.84 bits per heavy atom. The van der Waals surface area contributed by atoms with Crippen LogP contribution < -0.4 is 5.73 Å². The molecular weight excluding hydrogens is 288 g/mol. The summed E-state index contributed by atoms with van der Waals surface area (Å²) in [7, 11) is 0. The molecule has 1 heterocycles. The Morgan fingerprint density at radius 1 is 1.42 bits per heavy atom. The normalized spacial score (nSPS) is 25.7. The maximum atomic E-state index is 11.7. The van der Waals surface area contributed by atoms with Crippen molar-refractivity contribution < 1.29 is 45.7 Å². The predicted octanol–water partition coefficient (Wildman–Crippen LogP) is 1.74. The van der Waals surface area contributed by atoms with Crippen LogP contribution in [0.5, 0.6) is 0 Å². The van der Waals surface area contributed by atoms with Gasteiger partial charge in [-0.2, -0.15) is 26.3 Å². The molecule has 19 heavy (non-hydrogen) atoms. The lowest BCUT2D eigenvalue weighted by molar-refractivity contribution is -0.231. The summed E-state index contributed by atoms with van der Waals surface area (Å²) in [5.74, 6) is -6.27. The van der Waals surface area contributed by atoms with E-state index in [1.807, 2.05) is 0 Å². The lowest BCUT2D eigenvalue weighted by Gasteiger charge is -2.06. The summed E-state index contributed by atoms with van der Waals surface area (Å²) < 4.78 is 74.9. The molecule has 0 aliphatic carbocycles. The van der Waals surface area contributed by atoms with E-state index in [4.69, 9.17) is 10.8 Å². The number of halogens is 6. The van der Waals surface area contributed by atoms with Gasteiger partial charge in [0.2, 0.25) is 0 Å². The predicted molar refractivity (Wildman–Crippen MR) is 47.4 cm³/mol. The molecule has 0 aromatic heterocycles. The Kier molecular flexibility index (Phi) is 4.84. The first-order valence-electron chi connectivity index (χ1n) is 4.42. The number of alkyl halides is 6. The number of hydrogen-bond acceptors (Lipinski definition) is 4. The quantitative estimate of drug-likeness (QED) is 0.272. The van der Waals surface area contributed by atoms with E-state index >= 15 is 0 Å². The van der Waals surface area contributed by atoms with E-state index in [2.05, 4.69) is 16.1 Å². The minimum absolute atomic E-state index is 0.329. The van der Waals surface area contributed by atoms with Crippen LogP contribution in [-0.4, -0.2) is 35.4 Å². The van der Waals surface area contributed by atoms with Gasteiger partial charge in [0.15, 0.2) is 5.76 Å². The molecule has 0 radical (unpaired) electrons. The van der Waals surface area contributed by atoms with Crippen molar-refractivity contribution >= 4 is 5.97 Å². The van der Waals surface area contributed by atoms with Gasteiger partial charge < -0.3 is 9.84 Å². The molecule has 5 nitrogen and oxygen atoms in total. The van der Waals surface area contributed by atoms with Gasteiger partial charge in [-0.25, -0.2) is 4.79 Å². The summed E-state index contributed by atoms with van der Waals surface area (Å²) in [5.41, 5.74) is 5.08. The molecule has 1 fully saturated rings. The maximum absolute atomic E-state index is 11.7. The van der Waals surface area contributed by atoms with Crippen molar-refractivity contribution in [1.29, 1.82) is 0 Å². The van der Waals surface area contributed by atoms with Crippen molar-refractivity contribution in [2.75, 3.05) is 0 Å². The molecule has 1 rings (SSSR count). The summed E-state index contributed by atoms with van der Waals surface area (Å²) in [5, 5.41) is 8.15. The number of carboxylic acids is 1. The lowest BCUT2D eigenvalue weighted by Crippen LogP contribution is -2.32. The van der Waals surface area contributed by atoms with Crippen molar-refractivity contribution in [3.63, 3.8) is 0 Å². The maximum Gasteiger partial charge on any atom is 0.458 e. The highest BCUT2D eigenvalue weighted by molar-refractivity contribution is 5.83. The fourth-order valence-corrected chi connectivity index (χ4v) is 0.649. The number of hydrogen-bond donors (Lipinski definition) is 2. The van der Waals surface area contributed by atoms with E-state index < -0.39 is 30.3 Å². The summed E-state index contributed by atoms with van der Waals surface area (Å²) >= 11 is 0. The number of epoxide rings is 1. The molecule has 1 aliphatic rings. The van der Waals surface area contributed by atoms with Crippen LogP contribution in [0, 0.1) is 0 Å². The van der Waals surface area contributed by atoms with Crippen LogP contribution in [-0.2, 0) is 14.3 Å². The summed E-state index contributed by atoms with van der Waals surface area (Å²) in [6.45, 7) is 4.61. The summed E-state index contributed by atoms with van der Waals surface area (Å²) in [6.07, 6.45) is -11.0. The van der Waals surface area contributed by atoms with Crippen LogP contribution in [0.1, 0.15) is 6.92 Å². The number of ether oxygens (including phenoxy) is 2. The molecule has 112 valence electrons. The Hall–Kier alpha value is -1.49. The average Bonchev–Trinajstić information content (AvgIpc) is 2.66. The van der Waals surface area contributed by atoms with Crippen molar-refractivity contribution in [2.24, 2.45) is 5.73 Å². The highest BCUT2D eigenvalue weighted by Gasteiger charge is 2.90. The molecule has 11 heteroatoms. The summed E-state index contributed by atoms with van der Waals surface area (Å²) in [6, 6.07) is 0. The second kappa shape index (κ2) is 5.25. The zero-order valence-corrected chi connectivity index (χ0v) is 9.30. The van der Waals surface area contributed by atoms with Gasteiger partial charge in [0.1, 0.15) is 6.23 Å². The van der Waals surface area contributed by atoms with Gasteiger partial charge in [-0.15, -0.1) is 0 Å². The first kappa shape index (κ1) is 17.5. The second-order valence-electron chi connectivity index (χ2n) is 3.26. The van der Waals surface area contributed by atoms with Crippen LogP contribution >= 0.6 is 0 Å². The largest absolute Gasteiger partial charge is 0.475 e. The molecule has 0 saturated carbocycles. The smallest absolute Gasteiger partial charge is 0.458 e. The van der Waals surface area contributed by atoms with Gasteiger partial charge in [0.25, 0.3) is 0 Å². The first-order valence-corrected chi connectivity index (χ1v) is 4.42. The molecule has 0 amide bonds. The highest BCUT2D eigenvalue weighted by atomic mass is 19.4. The molecule has 2 unspecified atom stereocenters. The summed E-state index contributed by atoms with van der Waals surface area (Å²) in [4.78, 5) is 9.95. The molecule has 0 bridgehead atoms. The van der Waals surface area contributed by atoms with Crippen LogP contribution in [0.15, 0.2) is 12.3 Å². The van der Waals surface area contributed by atoms with Gasteiger partial charge >= 0.3 is 24.1 Å². The number of aliphatic carboxylic acids is 1. The number of rotatable bonds is 3. The van der Waals surface area contributed by atoms with E-state index in [9.17, 15) is 31.1 Å².